The third-order valence-electron chi connectivity index (χ3n) is 4.43. The SMILES string of the molecule is CCCCCCCCCCn1cc[n+](C)c1C.O=S(=O)([N-]S(=O)(=O)C(F)(F)F)C(F)(F)F. The number of halogens is 6. The molecule has 1 aromatic heterocycles. The Balaban J connectivity index is 0.000000607. The highest BCUT2D eigenvalue weighted by Gasteiger charge is 2.46. The maximum Gasteiger partial charge on any atom is 0.480 e. The largest absolute Gasteiger partial charge is 0.480 e. The highest BCUT2D eigenvalue weighted by atomic mass is 32.3. The number of sulfonamides is 2. The second-order valence-electron chi connectivity index (χ2n) is 7.04. The first-order valence-corrected chi connectivity index (χ1v) is 12.7. The van der Waals surface area contributed by atoms with Crippen LogP contribution in [0.15, 0.2) is 12.4 Å². The van der Waals surface area contributed by atoms with E-state index in [4.69, 9.17) is 0 Å². The van der Waals surface area contributed by atoms with Gasteiger partial charge in [-0.15, -0.1) is 0 Å². The number of nitrogens with zero attached hydrogens (tertiary/aromatic N) is 3. The molecule has 32 heavy (non-hydrogen) atoms. The molecule has 1 aromatic rings. The van der Waals surface area contributed by atoms with E-state index in [9.17, 15) is 43.2 Å². The third kappa shape index (κ3) is 10.5. The molecule has 0 amide bonds. The lowest BCUT2D eigenvalue weighted by molar-refractivity contribution is -0.677. The summed E-state index contributed by atoms with van der Waals surface area (Å²) in [5.41, 5.74) is -12.4. The molecule has 0 N–H and O–H groups in total. The summed E-state index contributed by atoms with van der Waals surface area (Å²) in [5, 5.41) is 0. The number of imidazole rings is 1. The van der Waals surface area contributed by atoms with Crippen molar-refractivity contribution in [3.63, 3.8) is 0 Å². The van der Waals surface area contributed by atoms with Crippen molar-refractivity contribution in [2.45, 2.75) is 82.8 Å². The van der Waals surface area contributed by atoms with Crippen molar-refractivity contribution in [3.05, 3.63) is 22.3 Å². The van der Waals surface area contributed by atoms with Gasteiger partial charge in [0.2, 0.25) is 0 Å². The third-order valence-corrected chi connectivity index (χ3v) is 7.17. The fraction of sp³-hybridized carbons (Fsp3) is 0.824. The summed E-state index contributed by atoms with van der Waals surface area (Å²) in [6.45, 7) is 5.64. The van der Waals surface area contributed by atoms with E-state index in [1.807, 2.05) is 0 Å². The molecular formula is C17H29F6N3O4S2. The smallest absolute Gasteiger partial charge is 0.421 e. The predicted molar refractivity (Wildman–Crippen MR) is 106 cm³/mol. The number of rotatable bonds is 11. The standard InChI is InChI=1S/C15H29N2.C2F6NO4S2/c1-4-5-6-7-8-9-10-11-12-17-14-13-16(3)15(17)2;3-1(4,5)14(10,11)9-15(12,13)2(6,7)8/h13-14H,4-12H2,1-3H3;/q+1;-1. The van der Waals surface area contributed by atoms with E-state index < -0.39 is 31.1 Å². The molecule has 0 saturated carbocycles. The summed E-state index contributed by atoms with van der Waals surface area (Å²) in [7, 11) is -11.3. The lowest BCUT2D eigenvalue weighted by atomic mass is 10.1. The molecule has 0 aliphatic carbocycles. The summed E-state index contributed by atoms with van der Waals surface area (Å²) >= 11 is 0. The molecule has 15 heteroatoms. The van der Waals surface area contributed by atoms with Crippen LogP contribution in [0.3, 0.4) is 0 Å². The molecule has 0 aliphatic heterocycles. The Bertz CT molecular complexity index is 852. The van der Waals surface area contributed by atoms with Gasteiger partial charge in [-0.2, -0.15) is 26.3 Å². The zero-order chi connectivity index (χ0) is 25.2. The van der Waals surface area contributed by atoms with E-state index in [0.29, 0.717) is 0 Å². The van der Waals surface area contributed by atoms with E-state index in [0.717, 1.165) is 4.13 Å². The Morgan fingerprint density at radius 1 is 0.844 bits per heavy atom. The first-order valence-electron chi connectivity index (χ1n) is 9.84. The van der Waals surface area contributed by atoms with Crippen LogP contribution < -0.4 is 4.57 Å². The van der Waals surface area contributed by atoms with Crippen LogP contribution in [-0.4, -0.2) is 32.4 Å². The second kappa shape index (κ2) is 12.8. The van der Waals surface area contributed by atoms with Gasteiger partial charge in [-0.3, -0.25) is 0 Å². The van der Waals surface area contributed by atoms with Crippen molar-refractivity contribution in [1.82, 2.24) is 4.57 Å². The van der Waals surface area contributed by atoms with Crippen molar-refractivity contribution in [2.75, 3.05) is 0 Å². The van der Waals surface area contributed by atoms with E-state index >= 15 is 0 Å². The Hall–Kier alpha value is -1.35. The van der Waals surface area contributed by atoms with Crippen LogP contribution in [0.1, 0.15) is 64.1 Å². The first-order chi connectivity index (χ1) is 14.5. The average molecular weight is 518 g/mol. The maximum atomic E-state index is 11.4. The second-order valence-corrected chi connectivity index (χ2v) is 10.5. The van der Waals surface area contributed by atoms with Gasteiger partial charge in [-0.25, -0.2) is 26.0 Å². The number of unbranched alkanes of at least 4 members (excludes halogenated alkanes) is 7. The quantitative estimate of drug-likeness (QED) is 0.239. The molecule has 0 bridgehead atoms. The molecule has 0 atom stereocenters. The van der Waals surface area contributed by atoms with Crippen molar-refractivity contribution < 1.29 is 47.7 Å². The molecule has 0 unspecified atom stereocenters. The molecule has 0 fully saturated rings. The Morgan fingerprint density at radius 2 is 1.25 bits per heavy atom. The van der Waals surface area contributed by atoms with Gasteiger partial charge in [0.05, 0.1) is 13.6 Å². The number of alkyl halides is 6. The van der Waals surface area contributed by atoms with Crippen molar-refractivity contribution in [2.24, 2.45) is 7.05 Å². The van der Waals surface area contributed by atoms with Crippen LogP contribution in [0.25, 0.3) is 4.13 Å². The van der Waals surface area contributed by atoms with Gasteiger partial charge in [0.15, 0.2) is 20.0 Å². The van der Waals surface area contributed by atoms with Gasteiger partial charge in [-0.1, -0.05) is 45.4 Å². The average Bonchev–Trinajstić information content (AvgIpc) is 2.94. The summed E-state index contributed by atoms with van der Waals surface area (Å²) in [4.78, 5) is 0. The minimum absolute atomic E-state index is 0.778. The summed E-state index contributed by atoms with van der Waals surface area (Å²) in [5.74, 6) is 1.35. The minimum atomic E-state index is -6.72. The van der Waals surface area contributed by atoms with Gasteiger partial charge >= 0.3 is 11.0 Å². The fourth-order valence-corrected chi connectivity index (χ4v) is 4.17. The topological polar surface area (TPSA) is 91.2 Å². The van der Waals surface area contributed by atoms with Gasteiger partial charge in [0.1, 0.15) is 12.4 Å². The van der Waals surface area contributed by atoms with Crippen molar-refractivity contribution >= 4 is 20.0 Å². The van der Waals surface area contributed by atoms with E-state index in [-0.39, 0.29) is 0 Å². The van der Waals surface area contributed by atoms with Crippen LogP contribution in [0.5, 0.6) is 0 Å². The molecule has 0 saturated heterocycles. The molecule has 7 nitrogen and oxygen atoms in total. The van der Waals surface area contributed by atoms with Gasteiger partial charge in [0.25, 0.3) is 5.82 Å². The van der Waals surface area contributed by atoms with Crippen LogP contribution in [0.4, 0.5) is 26.3 Å². The normalized spacial score (nSPS) is 13.0. The molecule has 190 valence electrons. The highest BCUT2D eigenvalue weighted by Crippen LogP contribution is 2.36. The van der Waals surface area contributed by atoms with Gasteiger partial charge < -0.3 is 4.13 Å². The summed E-state index contributed by atoms with van der Waals surface area (Å²) in [6, 6.07) is 0. The molecule has 1 heterocycles. The predicted octanol–water partition coefficient (Wildman–Crippen LogP) is 4.82. The van der Waals surface area contributed by atoms with Crippen LogP contribution in [0, 0.1) is 6.92 Å². The fourth-order valence-electron chi connectivity index (χ4n) is 2.46. The van der Waals surface area contributed by atoms with Crippen molar-refractivity contribution in [1.29, 1.82) is 0 Å². The summed E-state index contributed by atoms with van der Waals surface area (Å²) in [6.07, 6.45) is 15.5. The summed E-state index contributed by atoms with van der Waals surface area (Å²) < 4.78 is 114. The van der Waals surface area contributed by atoms with Gasteiger partial charge in [0, 0.05) is 6.92 Å². The molecular weight excluding hydrogens is 488 g/mol. The molecule has 0 spiro atoms. The van der Waals surface area contributed by atoms with Gasteiger partial charge in [-0.05, 0) is 12.8 Å². The van der Waals surface area contributed by atoms with E-state index in [2.05, 4.69) is 42.4 Å². The van der Waals surface area contributed by atoms with Crippen LogP contribution in [-0.2, 0) is 33.6 Å². The molecule has 0 aromatic carbocycles. The minimum Gasteiger partial charge on any atom is -0.421 e. The lowest BCUT2D eigenvalue weighted by Gasteiger charge is -2.22. The number of aromatic nitrogens is 2. The maximum absolute atomic E-state index is 11.4. The van der Waals surface area contributed by atoms with E-state index in [1.54, 1.807) is 0 Å². The zero-order valence-corrected chi connectivity index (χ0v) is 19.7. The number of hydrogen-bond acceptors (Lipinski definition) is 4. The number of aryl methyl sites for hydroxylation is 2. The molecule has 0 radical (unpaired) electrons. The monoisotopic (exact) mass is 517 g/mol. The lowest BCUT2D eigenvalue weighted by Crippen LogP contribution is -2.30. The Morgan fingerprint density at radius 3 is 1.59 bits per heavy atom. The highest BCUT2D eigenvalue weighted by molar-refractivity contribution is 8.13. The Kier molecular flexibility index (Phi) is 12.2. The zero-order valence-electron chi connectivity index (χ0n) is 18.1. The van der Waals surface area contributed by atoms with Crippen LogP contribution in [0.2, 0.25) is 0 Å². The Labute approximate surface area is 184 Å². The molecule has 1 rings (SSSR count). The van der Waals surface area contributed by atoms with Crippen LogP contribution >= 0.6 is 0 Å². The van der Waals surface area contributed by atoms with Crippen molar-refractivity contribution in [3.8, 4) is 0 Å². The molecule has 0 aliphatic rings. The first kappa shape index (κ1) is 30.6. The number of hydrogen-bond donors (Lipinski definition) is 0. The van der Waals surface area contributed by atoms with E-state index in [1.165, 1.54) is 63.7 Å².